The molecule has 0 saturated heterocycles. The highest BCUT2D eigenvalue weighted by Gasteiger charge is 2.16. The van der Waals surface area contributed by atoms with Gasteiger partial charge in [0.2, 0.25) is 0 Å². The van der Waals surface area contributed by atoms with Crippen molar-refractivity contribution in [2.75, 3.05) is 11.9 Å². The Labute approximate surface area is 131 Å². The Morgan fingerprint density at radius 1 is 1.05 bits per heavy atom. The molecule has 0 radical (unpaired) electrons. The largest absolute Gasteiger partial charge is 0.459 e. The van der Waals surface area contributed by atoms with E-state index in [9.17, 15) is 14.0 Å². The zero-order valence-corrected chi connectivity index (χ0v) is 13.1. The quantitative estimate of drug-likeness (QED) is 0.425. The average Bonchev–Trinajstić information content (AvgIpc) is 2.52. The normalized spacial score (nSPS) is 10.3. The monoisotopic (exact) mass is 309 g/mol. The van der Waals surface area contributed by atoms with E-state index in [-0.39, 0.29) is 12.3 Å². The molecular weight excluding hydrogens is 285 g/mol. The van der Waals surface area contributed by atoms with Crippen LogP contribution in [0.5, 0.6) is 0 Å². The second kappa shape index (κ2) is 10.8. The number of rotatable bonds is 9. The lowest BCUT2D eigenvalue weighted by Gasteiger charge is -2.06. The molecule has 0 fully saturated rings. The summed E-state index contributed by atoms with van der Waals surface area (Å²) in [5.74, 6) is -2.52. The van der Waals surface area contributed by atoms with E-state index in [1.807, 2.05) is 0 Å². The molecule has 4 nitrogen and oxygen atoms in total. The first-order valence-electron chi connectivity index (χ1n) is 7.87. The van der Waals surface area contributed by atoms with Crippen molar-refractivity contribution >= 4 is 17.6 Å². The number of benzene rings is 1. The fourth-order valence-electron chi connectivity index (χ4n) is 2.03. The number of esters is 1. The van der Waals surface area contributed by atoms with E-state index >= 15 is 0 Å². The molecule has 0 aliphatic heterocycles. The lowest BCUT2D eigenvalue weighted by molar-refractivity contribution is -0.152. The van der Waals surface area contributed by atoms with Crippen LogP contribution in [0.2, 0.25) is 0 Å². The third-order valence-corrected chi connectivity index (χ3v) is 3.29. The molecule has 122 valence electrons. The molecule has 0 aliphatic rings. The SMILES string of the molecule is CCCCCCCCCOC(=O)C(=O)Nc1ccccc1F. The lowest BCUT2D eigenvalue weighted by atomic mass is 10.1. The van der Waals surface area contributed by atoms with Gasteiger partial charge in [0.05, 0.1) is 12.3 Å². The fourth-order valence-corrected chi connectivity index (χ4v) is 2.03. The minimum Gasteiger partial charge on any atom is -0.459 e. The third-order valence-electron chi connectivity index (χ3n) is 3.29. The van der Waals surface area contributed by atoms with Crippen LogP contribution in [0.4, 0.5) is 10.1 Å². The summed E-state index contributed by atoms with van der Waals surface area (Å²) in [5, 5.41) is 2.20. The third kappa shape index (κ3) is 7.20. The van der Waals surface area contributed by atoms with Crippen molar-refractivity contribution in [1.29, 1.82) is 0 Å². The van der Waals surface area contributed by atoms with E-state index in [0.717, 1.165) is 19.3 Å². The number of anilines is 1. The number of unbranched alkanes of at least 4 members (excludes halogenated alkanes) is 6. The molecular formula is C17H24FNO3. The number of carbonyl (C=O) groups is 2. The molecule has 0 heterocycles. The summed E-state index contributed by atoms with van der Waals surface area (Å²) in [7, 11) is 0. The molecule has 0 atom stereocenters. The molecule has 1 aromatic carbocycles. The molecule has 1 rings (SSSR count). The van der Waals surface area contributed by atoms with Gasteiger partial charge in [-0.05, 0) is 18.6 Å². The van der Waals surface area contributed by atoms with Crippen molar-refractivity contribution in [2.45, 2.75) is 51.9 Å². The predicted molar refractivity (Wildman–Crippen MR) is 84.0 cm³/mol. The Balaban J connectivity index is 2.14. The van der Waals surface area contributed by atoms with Crippen LogP contribution in [-0.2, 0) is 14.3 Å². The minimum absolute atomic E-state index is 0.0274. The number of para-hydroxylation sites is 1. The Bertz CT molecular complexity index is 477. The molecule has 22 heavy (non-hydrogen) atoms. The molecule has 1 amide bonds. The van der Waals surface area contributed by atoms with Crippen molar-refractivity contribution in [2.24, 2.45) is 0 Å². The van der Waals surface area contributed by atoms with E-state index in [1.165, 1.54) is 43.9 Å². The van der Waals surface area contributed by atoms with Gasteiger partial charge in [-0.3, -0.25) is 4.79 Å². The summed E-state index contributed by atoms with van der Waals surface area (Å²) < 4.78 is 18.2. The van der Waals surface area contributed by atoms with Gasteiger partial charge in [0.25, 0.3) is 0 Å². The van der Waals surface area contributed by atoms with E-state index in [0.29, 0.717) is 0 Å². The number of amides is 1. The standard InChI is InChI=1S/C17H24FNO3/c1-2-3-4-5-6-7-10-13-22-17(21)16(20)19-15-12-9-8-11-14(15)18/h8-9,11-12H,2-7,10,13H2,1H3,(H,19,20). The molecule has 1 N–H and O–H groups in total. The number of halogens is 1. The van der Waals surface area contributed by atoms with Crippen LogP contribution in [0.3, 0.4) is 0 Å². The van der Waals surface area contributed by atoms with Gasteiger partial charge in [0.1, 0.15) is 5.82 Å². The maximum absolute atomic E-state index is 13.3. The molecule has 1 aromatic rings. The van der Waals surface area contributed by atoms with Crippen LogP contribution in [0.1, 0.15) is 51.9 Å². The summed E-state index contributed by atoms with van der Waals surface area (Å²) in [5.41, 5.74) is -0.0274. The van der Waals surface area contributed by atoms with Crippen LogP contribution >= 0.6 is 0 Å². The number of hydrogen-bond acceptors (Lipinski definition) is 3. The van der Waals surface area contributed by atoms with E-state index in [1.54, 1.807) is 6.07 Å². The van der Waals surface area contributed by atoms with Gasteiger partial charge < -0.3 is 10.1 Å². The molecule has 5 heteroatoms. The first kappa shape index (κ1) is 18.1. The van der Waals surface area contributed by atoms with Gasteiger partial charge >= 0.3 is 11.9 Å². The van der Waals surface area contributed by atoms with Crippen molar-refractivity contribution < 1.29 is 18.7 Å². The van der Waals surface area contributed by atoms with Crippen LogP contribution in [-0.4, -0.2) is 18.5 Å². The zero-order valence-electron chi connectivity index (χ0n) is 13.1. The summed E-state index contributed by atoms with van der Waals surface area (Å²) in [6.45, 7) is 2.39. The van der Waals surface area contributed by atoms with Crippen molar-refractivity contribution in [3.8, 4) is 0 Å². The molecule has 0 unspecified atom stereocenters. The zero-order chi connectivity index (χ0) is 16.2. The molecule has 0 spiro atoms. The minimum atomic E-state index is -0.978. The lowest BCUT2D eigenvalue weighted by Crippen LogP contribution is -2.25. The fraction of sp³-hybridized carbons (Fsp3) is 0.529. The first-order chi connectivity index (χ1) is 10.6. The number of hydrogen-bond donors (Lipinski definition) is 1. The second-order valence-electron chi connectivity index (χ2n) is 5.19. The highest BCUT2D eigenvalue weighted by atomic mass is 19.1. The highest BCUT2D eigenvalue weighted by Crippen LogP contribution is 2.12. The maximum atomic E-state index is 13.3. The highest BCUT2D eigenvalue weighted by molar-refractivity contribution is 6.37. The molecule has 0 aromatic heterocycles. The molecule has 0 bridgehead atoms. The Hall–Kier alpha value is -1.91. The summed E-state index contributed by atoms with van der Waals surface area (Å²) in [6.07, 6.45) is 7.73. The summed E-state index contributed by atoms with van der Waals surface area (Å²) >= 11 is 0. The smallest absolute Gasteiger partial charge is 0.397 e. The van der Waals surface area contributed by atoms with Gasteiger partial charge in [-0.15, -0.1) is 0 Å². The number of carbonyl (C=O) groups excluding carboxylic acids is 2. The van der Waals surface area contributed by atoms with Crippen LogP contribution in [0.15, 0.2) is 24.3 Å². The first-order valence-corrected chi connectivity index (χ1v) is 7.87. The van der Waals surface area contributed by atoms with E-state index in [4.69, 9.17) is 4.74 Å². The van der Waals surface area contributed by atoms with Gasteiger partial charge in [0, 0.05) is 0 Å². The Kier molecular flexibility index (Phi) is 8.88. The van der Waals surface area contributed by atoms with Crippen LogP contribution < -0.4 is 5.32 Å². The van der Waals surface area contributed by atoms with Gasteiger partial charge in [-0.1, -0.05) is 57.6 Å². The van der Waals surface area contributed by atoms with E-state index < -0.39 is 17.7 Å². The average molecular weight is 309 g/mol. The molecule has 0 saturated carbocycles. The molecule has 0 aliphatic carbocycles. The van der Waals surface area contributed by atoms with Crippen molar-refractivity contribution in [3.05, 3.63) is 30.1 Å². The van der Waals surface area contributed by atoms with Crippen molar-refractivity contribution in [3.63, 3.8) is 0 Å². The van der Waals surface area contributed by atoms with Gasteiger partial charge in [-0.25, -0.2) is 9.18 Å². The Morgan fingerprint density at radius 3 is 2.36 bits per heavy atom. The van der Waals surface area contributed by atoms with Crippen LogP contribution in [0, 0.1) is 5.82 Å². The predicted octanol–water partition coefficient (Wildman–Crippen LogP) is 4.06. The summed E-state index contributed by atoms with van der Waals surface area (Å²) in [6, 6.07) is 5.67. The number of nitrogens with one attached hydrogen (secondary N) is 1. The topological polar surface area (TPSA) is 55.4 Å². The van der Waals surface area contributed by atoms with Gasteiger partial charge in [-0.2, -0.15) is 0 Å². The number of ether oxygens (including phenoxy) is 1. The maximum Gasteiger partial charge on any atom is 0.397 e. The van der Waals surface area contributed by atoms with Crippen LogP contribution in [0.25, 0.3) is 0 Å². The van der Waals surface area contributed by atoms with Gasteiger partial charge in [0.15, 0.2) is 0 Å². The van der Waals surface area contributed by atoms with Crippen molar-refractivity contribution in [1.82, 2.24) is 0 Å². The Morgan fingerprint density at radius 2 is 1.68 bits per heavy atom. The van der Waals surface area contributed by atoms with E-state index in [2.05, 4.69) is 12.2 Å². The second-order valence-corrected chi connectivity index (χ2v) is 5.19. The summed E-state index contributed by atoms with van der Waals surface area (Å²) in [4.78, 5) is 23.0.